The molecular formula is C25H24N2O3S. The van der Waals surface area contributed by atoms with Gasteiger partial charge in [0.2, 0.25) is 0 Å². The van der Waals surface area contributed by atoms with Gasteiger partial charge >= 0.3 is 0 Å². The number of nitrogens with one attached hydrogen (secondary N) is 1. The van der Waals surface area contributed by atoms with Crippen LogP contribution in [0.25, 0.3) is 10.4 Å². The molecule has 0 bridgehead atoms. The Kier molecular flexibility index (Phi) is 5.47. The van der Waals surface area contributed by atoms with Gasteiger partial charge < -0.3 is 15.0 Å². The second-order valence-electron chi connectivity index (χ2n) is 7.98. The minimum absolute atomic E-state index is 0.0105. The number of anilines is 1. The third-order valence-corrected chi connectivity index (χ3v) is 7.08. The van der Waals surface area contributed by atoms with E-state index in [-0.39, 0.29) is 18.4 Å². The summed E-state index contributed by atoms with van der Waals surface area (Å²) in [4.78, 5) is 28.8. The summed E-state index contributed by atoms with van der Waals surface area (Å²) in [5.74, 6) is 0.461. The van der Waals surface area contributed by atoms with E-state index >= 15 is 0 Å². The fourth-order valence-corrected chi connectivity index (χ4v) is 5.41. The predicted octanol–water partition coefficient (Wildman–Crippen LogP) is 4.77. The number of hydrogen-bond acceptors (Lipinski definition) is 4. The number of aryl methyl sites for hydroxylation is 2. The van der Waals surface area contributed by atoms with Crippen molar-refractivity contribution in [2.45, 2.75) is 25.7 Å². The number of ether oxygens (including phenoxy) is 1. The van der Waals surface area contributed by atoms with Gasteiger partial charge in [0.05, 0.1) is 4.88 Å². The van der Waals surface area contributed by atoms with Crippen molar-refractivity contribution in [2.24, 2.45) is 0 Å². The number of thiophene rings is 1. The number of fused-ring (bicyclic) bond motifs is 3. The van der Waals surface area contributed by atoms with Crippen LogP contribution in [0.1, 0.15) is 33.6 Å². The van der Waals surface area contributed by atoms with Gasteiger partial charge in [0.1, 0.15) is 5.75 Å². The molecule has 0 radical (unpaired) electrons. The smallest absolute Gasteiger partial charge is 0.265 e. The molecule has 1 saturated heterocycles. The summed E-state index contributed by atoms with van der Waals surface area (Å²) >= 11 is 1.54. The maximum atomic E-state index is 12.9. The lowest BCUT2D eigenvalue weighted by atomic mass is 9.91. The summed E-state index contributed by atoms with van der Waals surface area (Å²) in [6.45, 7) is 1.65. The highest BCUT2D eigenvalue weighted by Crippen LogP contribution is 2.39. The molecule has 2 aromatic carbocycles. The van der Waals surface area contributed by atoms with Gasteiger partial charge in [-0.3, -0.25) is 9.59 Å². The molecule has 0 unspecified atom stereocenters. The van der Waals surface area contributed by atoms with Crippen molar-refractivity contribution in [2.75, 3.05) is 25.0 Å². The molecule has 1 aliphatic heterocycles. The molecule has 1 fully saturated rings. The summed E-state index contributed by atoms with van der Waals surface area (Å²) in [6, 6.07) is 17.6. The molecule has 1 N–H and O–H groups in total. The first-order valence-corrected chi connectivity index (χ1v) is 11.5. The van der Waals surface area contributed by atoms with Crippen LogP contribution in [0.3, 0.4) is 0 Å². The van der Waals surface area contributed by atoms with Crippen LogP contribution in [-0.4, -0.2) is 36.4 Å². The van der Waals surface area contributed by atoms with Crippen LogP contribution in [0.5, 0.6) is 5.75 Å². The average molecular weight is 433 g/mol. The van der Waals surface area contributed by atoms with Crippen LogP contribution in [-0.2, 0) is 17.6 Å². The van der Waals surface area contributed by atoms with Crippen LogP contribution in [0.15, 0.2) is 54.6 Å². The molecule has 0 atom stereocenters. The average Bonchev–Trinajstić information content (AvgIpc) is 3.48. The molecule has 31 heavy (non-hydrogen) atoms. The molecule has 2 amide bonds. The van der Waals surface area contributed by atoms with Crippen molar-refractivity contribution in [1.29, 1.82) is 0 Å². The van der Waals surface area contributed by atoms with E-state index in [1.807, 2.05) is 29.2 Å². The molecule has 6 heteroatoms. The van der Waals surface area contributed by atoms with Crippen molar-refractivity contribution >= 4 is 28.8 Å². The second-order valence-corrected chi connectivity index (χ2v) is 9.03. The van der Waals surface area contributed by atoms with E-state index in [0.717, 1.165) is 38.8 Å². The van der Waals surface area contributed by atoms with Crippen LogP contribution in [0.4, 0.5) is 5.69 Å². The van der Waals surface area contributed by atoms with E-state index in [4.69, 9.17) is 4.74 Å². The fraction of sp³-hybridized carbons (Fsp3) is 0.280. The van der Waals surface area contributed by atoms with Gasteiger partial charge in [0.25, 0.3) is 11.8 Å². The van der Waals surface area contributed by atoms with E-state index in [2.05, 4.69) is 23.5 Å². The SMILES string of the molecule is O=C(Nc1cccc(OCC(=O)N2CCCC2)c1)c1cc2c(s1)-c1ccccc1CC2. The Hall–Kier alpha value is -3.12. The largest absolute Gasteiger partial charge is 0.484 e. The number of carbonyl (C=O) groups excluding carboxylic acids is 2. The molecule has 1 aromatic heterocycles. The first kappa shape index (κ1) is 19.8. The lowest BCUT2D eigenvalue weighted by Crippen LogP contribution is -2.32. The molecule has 0 spiro atoms. The molecule has 5 rings (SSSR count). The Morgan fingerprint density at radius 2 is 1.77 bits per heavy atom. The Bertz CT molecular complexity index is 1130. The summed E-state index contributed by atoms with van der Waals surface area (Å²) in [5.41, 5.74) is 4.48. The Morgan fingerprint density at radius 1 is 0.968 bits per heavy atom. The van der Waals surface area contributed by atoms with Crippen molar-refractivity contribution in [3.05, 3.63) is 70.6 Å². The van der Waals surface area contributed by atoms with Gasteiger partial charge in [-0.1, -0.05) is 30.3 Å². The summed E-state index contributed by atoms with van der Waals surface area (Å²) in [7, 11) is 0. The van der Waals surface area contributed by atoms with Crippen LogP contribution < -0.4 is 10.1 Å². The number of nitrogens with zero attached hydrogens (tertiary/aromatic N) is 1. The maximum Gasteiger partial charge on any atom is 0.265 e. The van der Waals surface area contributed by atoms with Crippen LogP contribution in [0, 0.1) is 0 Å². The Balaban J connectivity index is 1.26. The highest BCUT2D eigenvalue weighted by Gasteiger charge is 2.22. The number of hydrogen-bond donors (Lipinski definition) is 1. The van der Waals surface area contributed by atoms with Gasteiger partial charge in [-0.2, -0.15) is 0 Å². The van der Waals surface area contributed by atoms with Crippen molar-refractivity contribution in [1.82, 2.24) is 4.90 Å². The van der Waals surface area contributed by atoms with E-state index in [9.17, 15) is 9.59 Å². The zero-order chi connectivity index (χ0) is 21.2. The molecule has 3 aromatic rings. The van der Waals surface area contributed by atoms with Gasteiger partial charge in [-0.15, -0.1) is 11.3 Å². The number of carbonyl (C=O) groups is 2. The first-order chi connectivity index (χ1) is 15.2. The van der Waals surface area contributed by atoms with Gasteiger partial charge in [-0.25, -0.2) is 0 Å². The summed E-state index contributed by atoms with van der Waals surface area (Å²) in [6.07, 6.45) is 4.09. The van der Waals surface area contributed by atoms with Crippen molar-refractivity contribution in [3.8, 4) is 16.2 Å². The quantitative estimate of drug-likeness (QED) is 0.632. The number of benzene rings is 2. The third kappa shape index (κ3) is 4.21. The fourth-order valence-electron chi connectivity index (χ4n) is 4.24. The first-order valence-electron chi connectivity index (χ1n) is 10.7. The highest BCUT2D eigenvalue weighted by atomic mass is 32.1. The molecule has 1 aliphatic carbocycles. The molecule has 0 saturated carbocycles. The normalized spacial score (nSPS) is 14.6. The van der Waals surface area contributed by atoms with Gasteiger partial charge in [0, 0.05) is 29.7 Å². The summed E-state index contributed by atoms with van der Waals surface area (Å²) in [5, 5.41) is 2.97. The topological polar surface area (TPSA) is 58.6 Å². The molecule has 158 valence electrons. The molecule has 2 heterocycles. The van der Waals surface area contributed by atoms with Crippen LogP contribution in [0.2, 0.25) is 0 Å². The van der Waals surface area contributed by atoms with Crippen molar-refractivity contribution in [3.63, 3.8) is 0 Å². The van der Waals surface area contributed by atoms with E-state index in [0.29, 0.717) is 16.3 Å². The predicted molar refractivity (Wildman–Crippen MR) is 123 cm³/mol. The summed E-state index contributed by atoms with van der Waals surface area (Å²) < 4.78 is 5.67. The molecular weight excluding hydrogens is 408 g/mol. The highest BCUT2D eigenvalue weighted by molar-refractivity contribution is 7.17. The minimum Gasteiger partial charge on any atom is -0.484 e. The van der Waals surface area contributed by atoms with Crippen LogP contribution >= 0.6 is 11.3 Å². The minimum atomic E-state index is -0.123. The molecule has 5 nitrogen and oxygen atoms in total. The molecule has 2 aliphatic rings. The Morgan fingerprint density at radius 3 is 2.65 bits per heavy atom. The zero-order valence-corrected chi connectivity index (χ0v) is 18.0. The lowest BCUT2D eigenvalue weighted by molar-refractivity contribution is -0.132. The maximum absolute atomic E-state index is 12.9. The standard InChI is InChI=1S/C25H24N2O3S/c28-23(27-12-3-4-13-27)16-30-20-8-5-7-19(15-20)26-25(29)22-14-18-11-10-17-6-1-2-9-21(17)24(18)31-22/h1-2,5-9,14-15H,3-4,10-13,16H2,(H,26,29). The van der Waals surface area contributed by atoms with Crippen molar-refractivity contribution < 1.29 is 14.3 Å². The number of rotatable bonds is 5. The number of amides is 2. The monoisotopic (exact) mass is 432 g/mol. The van der Waals surface area contributed by atoms with E-state index in [1.165, 1.54) is 21.6 Å². The van der Waals surface area contributed by atoms with Gasteiger partial charge in [0.15, 0.2) is 6.61 Å². The zero-order valence-electron chi connectivity index (χ0n) is 17.2. The second kappa shape index (κ2) is 8.55. The van der Waals surface area contributed by atoms with Gasteiger partial charge in [-0.05, 0) is 60.6 Å². The van der Waals surface area contributed by atoms with E-state index < -0.39 is 0 Å². The number of likely N-dealkylation sites (tertiary alicyclic amines) is 1. The lowest BCUT2D eigenvalue weighted by Gasteiger charge is -2.15. The third-order valence-electron chi connectivity index (χ3n) is 5.87. The van der Waals surface area contributed by atoms with E-state index in [1.54, 1.807) is 23.5 Å². The Labute approximate surface area is 185 Å².